The zero-order chi connectivity index (χ0) is 23.8. The number of carbonyl (C=O) groups excluding carboxylic acids is 3. The number of amides is 3. The van der Waals surface area contributed by atoms with Crippen LogP contribution in [0.1, 0.15) is 31.9 Å². The largest absolute Gasteiger partial charge is 0.539 e. The van der Waals surface area contributed by atoms with Crippen LogP contribution < -0.4 is 20.0 Å². The van der Waals surface area contributed by atoms with Crippen molar-refractivity contribution in [1.29, 1.82) is 0 Å². The van der Waals surface area contributed by atoms with Crippen molar-refractivity contribution in [3.63, 3.8) is 0 Å². The SMILES string of the molecule is CC(=O)Nc1ccc(N2C(=O)CC(N(Cc3c([O-])on[n+]3-c3ccccc3)C3CC3)C2=O)cc1. The maximum atomic E-state index is 13.4. The van der Waals surface area contributed by atoms with Crippen LogP contribution in [0, 0.1) is 0 Å². The van der Waals surface area contributed by atoms with E-state index in [2.05, 4.69) is 10.6 Å². The Labute approximate surface area is 195 Å². The second kappa shape index (κ2) is 8.71. The number of hydrogen-bond donors (Lipinski definition) is 1. The van der Waals surface area contributed by atoms with Gasteiger partial charge in [-0.1, -0.05) is 18.2 Å². The van der Waals surface area contributed by atoms with Crippen LogP contribution in [0.2, 0.25) is 0 Å². The summed E-state index contributed by atoms with van der Waals surface area (Å²) in [6.07, 6.45) is 1.79. The second-order valence-corrected chi connectivity index (χ2v) is 8.47. The first-order chi connectivity index (χ1) is 16.4. The Bertz CT molecular complexity index is 1240. The number of benzene rings is 2. The molecule has 174 valence electrons. The van der Waals surface area contributed by atoms with Crippen LogP contribution in [0.15, 0.2) is 59.1 Å². The van der Waals surface area contributed by atoms with Gasteiger partial charge in [0.1, 0.15) is 0 Å². The third-order valence-electron chi connectivity index (χ3n) is 6.01. The van der Waals surface area contributed by atoms with Crippen LogP contribution >= 0.6 is 0 Å². The lowest BCUT2D eigenvalue weighted by molar-refractivity contribution is -0.678. The summed E-state index contributed by atoms with van der Waals surface area (Å²) in [6.45, 7) is 1.55. The zero-order valence-electron chi connectivity index (χ0n) is 18.5. The first-order valence-electron chi connectivity index (χ1n) is 11.1. The topological polar surface area (TPSA) is 123 Å². The molecule has 1 atom stereocenters. The molecule has 3 aromatic rings. The highest BCUT2D eigenvalue weighted by molar-refractivity contribution is 6.22. The lowest BCUT2D eigenvalue weighted by Gasteiger charge is -2.26. The number of para-hydroxylation sites is 1. The summed E-state index contributed by atoms with van der Waals surface area (Å²) in [5.74, 6) is -1.42. The van der Waals surface area contributed by atoms with Gasteiger partial charge in [-0.25, -0.2) is 4.90 Å². The molecule has 0 spiro atoms. The van der Waals surface area contributed by atoms with Crippen molar-refractivity contribution in [1.82, 2.24) is 10.2 Å². The number of anilines is 2. The minimum Gasteiger partial charge on any atom is -0.539 e. The van der Waals surface area contributed by atoms with E-state index in [9.17, 15) is 19.5 Å². The lowest BCUT2D eigenvalue weighted by atomic mass is 10.2. The van der Waals surface area contributed by atoms with Gasteiger partial charge in [0.2, 0.25) is 17.5 Å². The van der Waals surface area contributed by atoms with Gasteiger partial charge in [-0.3, -0.25) is 19.3 Å². The third kappa shape index (κ3) is 4.15. The molecule has 0 bridgehead atoms. The van der Waals surface area contributed by atoms with E-state index in [-0.39, 0.29) is 36.7 Å². The molecule has 2 aromatic carbocycles. The van der Waals surface area contributed by atoms with Gasteiger partial charge in [-0.05, 0) is 41.8 Å². The van der Waals surface area contributed by atoms with Crippen molar-refractivity contribution < 1.29 is 28.7 Å². The van der Waals surface area contributed by atoms with E-state index in [0.29, 0.717) is 22.8 Å². The molecule has 1 unspecified atom stereocenters. The van der Waals surface area contributed by atoms with Crippen LogP contribution in [0.3, 0.4) is 0 Å². The van der Waals surface area contributed by atoms with Crippen LogP contribution in [-0.4, -0.2) is 40.0 Å². The molecule has 1 N–H and O–H groups in total. The second-order valence-electron chi connectivity index (χ2n) is 8.47. The molecular formula is C24H23N5O5. The van der Waals surface area contributed by atoms with E-state index in [0.717, 1.165) is 12.8 Å². The Hall–Kier alpha value is -4.05. The third-order valence-corrected chi connectivity index (χ3v) is 6.01. The standard InChI is InChI=1S/C24H23N5O5/c1-15(30)25-16-7-9-18(10-8-16)28-22(31)13-20(23(28)32)27(17-11-12-17)14-21-24(33)34-26-29(21)19-5-3-2-4-6-19/h2-10,17,20H,11-14H2,1H3,(H-,25,26,30,33). The van der Waals surface area contributed by atoms with E-state index in [1.807, 2.05) is 35.2 Å². The fourth-order valence-corrected chi connectivity index (χ4v) is 4.29. The van der Waals surface area contributed by atoms with Gasteiger partial charge in [-0.2, -0.15) is 0 Å². The molecule has 1 aromatic heterocycles. The van der Waals surface area contributed by atoms with Gasteiger partial charge in [-0.15, -0.1) is 0 Å². The fourth-order valence-electron chi connectivity index (χ4n) is 4.29. The predicted molar refractivity (Wildman–Crippen MR) is 118 cm³/mol. The lowest BCUT2D eigenvalue weighted by Crippen LogP contribution is -2.46. The van der Waals surface area contributed by atoms with Gasteiger partial charge in [0.25, 0.3) is 11.6 Å². The van der Waals surface area contributed by atoms with Crippen molar-refractivity contribution >= 4 is 29.1 Å². The summed E-state index contributed by atoms with van der Waals surface area (Å²) in [5.41, 5.74) is 1.99. The van der Waals surface area contributed by atoms with Crippen molar-refractivity contribution in [2.75, 3.05) is 10.2 Å². The van der Waals surface area contributed by atoms with Crippen LogP contribution in [-0.2, 0) is 20.9 Å². The van der Waals surface area contributed by atoms with E-state index >= 15 is 0 Å². The Balaban J connectivity index is 1.40. The normalized spacial score (nSPS) is 18.1. The molecule has 10 heteroatoms. The highest BCUT2D eigenvalue weighted by atomic mass is 16.6. The van der Waals surface area contributed by atoms with Crippen LogP contribution in [0.4, 0.5) is 11.4 Å². The summed E-state index contributed by atoms with van der Waals surface area (Å²) >= 11 is 0. The first kappa shape index (κ1) is 21.8. The maximum absolute atomic E-state index is 13.4. The average molecular weight is 461 g/mol. The number of hydrogen-bond acceptors (Lipinski definition) is 7. The smallest absolute Gasteiger partial charge is 0.254 e. The molecule has 5 rings (SSSR count). The molecule has 1 saturated heterocycles. The van der Waals surface area contributed by atoms with Crippen molar-refractivity contribution in [2.45, 2.75) is 44.8 Å². The molecule has 2 heterocycles. The number of nitrogens with one attached hydrogen (secondary N) is 1. The van der Waals surface area contributed by atoms with E-state index in [1.165, 1.54) is 16.5 Å². The van der Waals surface area contributed by atoms with Gasteiger partial charge >= 0.3 is 0 Å². The quantitative estimate of drug-likeness (QED) is 0.415. The summed E-state index contributed by atoms with van der Waals surface area (Å²) in [6, 6.07) is 15.1. The van der Waals surface area contributed by atoms with Crippen LogP contribution in [0.5, 0.6) is 5.95 Å². The molecule has 0 radical (unpaired) electrons. The summed E-state index contributed by atoms with van der Waals surface area (Å²) in [5, 5.41) is 19.0. The summed E-state index contributed by atoms with van der Waals surface area (Å²) in [4.78, 5) is 40.6. The molecule has 2 fully saturated rings. The molecule has 1 aliphatic carbocycles. The number of rotatable bonds is 7. The molecule has 10 nitrogen and oxygen atoms in total. The summed E-state index contributed by atoms with van der Waals surface area (Å²) in [7, 11) is 0. The predicted octanol–water partition coefficient (Wildman–Crippen LogP) is 1.28. The van der Waals surface area contributed by atoms with E-state index in [4.69, 9.17) is 4.52 Å². The van der Waals surface area contributed by atoms with Gasteiger partial charge in [0.05, 0.1) is 30.0 Å². The number of carbonyl (C=O) groups is 3. The van der Waals surface area contributed by atoms with Gasteiger partial charge < -0.3 is 14.9 Å². The molecule has 2 aliphatic rings. The van der Waals surface area contributed by atoms with Crippen LogP contribution in [0.25, 0.3) is 5.69 Å². The Morgan fingerprint density at radius 2 is 1.88 bits per heavy atom. The van der Waals surface area contributed by atoms with Crippen molar-refractivity contribution in [2.24, 2.45) is 0 Å². The highest BCUT2D eigenvalue weighted by Crippen LogP contribution is 2.35. The molecule has 1 saturated carbocycles. The first-order valence-corrected chi connectivity index (χ1v) is 11.1. The monoisotopic (exact) mass is 461 g/mol. The minimum absolute atomic E-state index is 0.0214. The Morgan fingerprint density at radius 1 is 1.18 bits per heavy atom. The summed E-state index contributed by atoms with van der Waals surface area (Å²) < 4.78 is 6.37. The Morgan fingerprint density at radius 3 is 2.53 bits per heavy atom. The highest BCUT2D eigenvalue weighted by Gasteiger charge is 2.48. The van der Waals surface area contributed by atoms with Crippen molar-refractivity contribution in [3.05, 3.63) is 60.3 Å². The molecule has 34 heavy (non-hydrogen) atoms. The minimum atomic E-state index is -0.687. The number of aromatic nitrogens is 2. The number of imide groups is 1. The van der Waals surface area contributed by atoms with Gasteiger partial charge in [0, 0.05) is 30.8 Å². The fraction of sp³-hybridized carbons (Fsp3) is 0.292. The molecule has 3 amide bonds. The molecule has 1 aliphatic heterocycles. The Kier molecular flexibility index (Phi) is 5.58. The molecular weight excluding hydrogens is 438 g/mol. The van der Waals surface area contributed by atoms with E-state index < -0.39 is 12.0 Å². The maximum Gasteiger partial charge on any atom is 0.254 e. The zero-order valence-corrected chi connectivity index (χ0v) is 18.5. The van der Waals surface area contributed by atoms with E-state index in [1.54, 1.807) is 24.3 Å². The average Bonchev–Trinajstić information content (AvgIpc) is 3.54. The number of nitrogens with zero attached hydrogens (tertiary/aromatic N) is 4. The van der Waals surface area contributed by atoms with Crippen molar-refractivity contribution in [3.8, 4) is 11.6 Å². The van der Waals surface area contributed by atoms with Gasteiger partial charge in [0.15, 0.2) is 5.95 Å².